The van der Waals surface area contributed by atoms with Crippen LogP contribution in [0.1, 0.15) is 37.7 Å². The van der Waals surface area contributed by atoms with Crippen molar-refractivity contribution in [3.63, 3.8) is 0 Å². The van der Waals surface area contributed by atoms with E-state index in [-0.39, 0.29) is 11.9 Å². The molecule has 0 radical (unpaired) electrons. The molecule has 2 aromatic rings. The smallest absolute Gasteiger partial charge is 0.314 e. The van der Waals surface area contributed by atoms with Gasteiger partial charge >= 0.3 is 5.97 Å². The summed E-state index contributed by atoms with van der Waals surface area (Å²) in [7, 11) is 0. The normalized spacial score (nSPS) is 15.5. The molecule has 24 heavy (non-hydrogen) atoms. The van der Waals surface area contributed by atoms with Crippen LogP contribution in [-0.2, 0) is 4.79 Å². The van der Waals surface area contributed by atoms with Crippen LogP contribution in [0.2, 0.25) is 0 Å². The number of anilines is 2. The monoisotopic (exact) mass is 344 g/mol. The molecule has 0 saturated heterocycles. The van der Waals surface area contributed by atoms with Crippen molar-refractivity contribution >= 4 is 34.5 Å². The summed E-state index contributed by atoms with van der Waals surface area (Å²) in [5.74, 6) is 0.926. The summed E-state index contributed by atoms with van der Waals surface area (Å²) in [5.41, 5.74) is 9.20. The van der Waals surface area contributed by atoms with E-state index < -0.39 is 0 Å². The summed E-state index contributed by atoms with van der Waals surface area (Å²) in [6, 6.07) is 7.31. The SMILES string of the molecule is Nc1csc(NN=Cc2cccc(OC(=O)C3CCCCC3)c2)n1. The van der Waals surface area contributed by atoms with Gasteiger partial charge in [0.1, 0.15) is 11.6 Å². The number of nitrogens with two attached hydrogens (primary N) is 1. The van der Waals surface area contributed by atoms with E-state index in [1.54, 1.807) is 23.7 Å². The molecule has 0 bridgehead atoms. The predicted octanol–water partition coefficient (Wildman–Crippen LogP) is 3.66. The lowest BCUT2D eigenvalue weighted by Gasteiger charge is -2.19. The maximum absolute atomic E-state index is 12.2. The number of nitrogen functional groups attached to an aromatic ring is 1. The number of carbonyl (C=O) groups excluding carboxylic acids is 1. The van der Waals surface area contributed by atoms with E-state index in [0.29, 0.717) is 16.7 Å². The summed E-state index contributed by atoms with van der Waals surface area (Å²) in [6.45, 7) is 0. The zero-order chi connectivity index (χ0) is 16.8. The fourth-order valence-electron chi connectivity index (χ4n) is 2.70. The number of carbonyl (C=O) groups is 1. The van der Waals surface area contributed by atoms with Crippen LogP contribution in [0.15, 0.2) is 34.7 Å². The molecule has 3 rings (SSSR count). The van der Waals surface area contributed by atoms with Gasteiger partial charge in [0.05, 0.1) is 12.1 Å². The van der Waals surface area contributed by atoms with Crippen molar-refractivity contribution in [3.8, 4) is 5.75 Å². The van der Waals surface area contributed by atoms with Gasteiger partial charge in [-0.2, -0.15) is 5.10 Å². The molecule has 1 aliphatic rings. The number of nitrogens with one attached hydrogen (secondary N) is 1. The van der Waals surface area contributed by atoms with Crippen molar-refractivity contribution in [2.45, 2.75) is 32.1 Å². The lowest BCUT2D eigenvalue weighted by Crippen LogP contribution is -2.22. The first-order valence-electron chi connectivity index (χ1n) is 8.02. The van der Waals surface area contributed by atoms with Gasteiger partial charge in [0, 0.05) is 5.38 Å². The van der Waals surface area contributed by atoms with Crippen LogP contribution in [0.3, 0.4) is 0 Å². The number of aromatic nitrogens is 1. The minimum atomic E-state index is -0.125. The van der Waals surface area contributed by atoms with E-state index in [9.17, 15) is 4.79 Å². The second-order valence-electron chi connectivity index (χ2n) is 5.78. The molecule has 3 N–H and O–H groups in total. The maximum Gasteiger partial charge on any atom is 0.314 e. The van der Waals surface area contributed by atoms with Gasteiger partial charge < -0.3 is 10.5 Å². The fraction of sp³-hybridized carbons (Fsp3) is 0.353. The van der Waals surface area contributed by atoms with Gasteiger partial charge in [-0.3, -0.25) is 10.2 Å². The number of thiazole rings is 1. The molecule has 0 aliphatic heterocycles. The summed E-state index contributed by atoms with van der Waals surface area (Å²) in [6.07, 6.45) is 6.95. The molecule has 6 nitrogen and oxygen atoms in total. The number of ether oxygens (including phenoxy) is 1. The minimum absolute atomic E-state index is 0.0353. The van der Waals surface area contributed by atoms with Crippen LogP contribution in [-0.4, -0.2) is 17.2 Å². The molecule has 1 aromatic heterocycles. The van der Waals surface area contributed by atoms with Crippen molar-refractivity contribution in [2.24, 2.45) is 11.0 Å². The molecule has 0 atom stereocenters. The van der Waals surface area contributed by atoms with Gasteiger partial charge in [0.2, 0.25) is 5.13 Å². The van der Waals surface area contributed by atoms with E-state index >= 15 is 0 Å². The minimum Gasteiger partial charge on any atom is -0.426 e. The van der Waals surface area contributed by atoms with Gasteiger partial charge in [-0.1, -0.05) is 31.4 Å². The molecule has 126 valence electrons. The van der Waals surface area contributed by atoms with Crippen molar-refractivity contribution < 1.29 is 9.53 Å². The van der Waals surface area contributed by atoms with Gasteiger partial charge in [-0.15, -0.1) is 11.3 Å². The molecule has 7 heteroatoms. The highest BCUT2D eigenvalue weighted by molar-refractivity contribution is 7.14. The number of nitrogens with zero attached hydrogens (tertiary/aromatic N) is 2. The Bertz CT molecular complexity index is 723. The number of hydrogen-bond donors (Lipinski definition) is 2. The van der Waals surface area contributed by atoms with Crippen LogP contribution < -0.4 is 15.9 Å². The highest BCUT2D eigenvalue weighted by Crippen LogP contribution is 2.25. The van der Waals surface area contributed by atoms with Crippen LogP contribution in [0.25, 0.3) is 0 Å². The first-order valence-corrected chi connectivity index (χ1v) is 8.90. The Hall–Kier alpha value is -2.41. The topological polar surface area (TPSA) is 89.6 Å². The Kier molecular flexibility index (Phi) is 5.43. The van der Waals surface area contributed by atoms with Gasteiger partial charge in [-0.05, 0) is 30.5 Å². The molecular formula is C17H20N4O2S. The number of esters is 1. The summed E-state index contributed by atoms with van der Waals surface area (Å²) in [4.78, 5) is 16.2. The van der Waals surface area contributed by atoms with Crippen molar-refractivity contribution in [1.82, 2.24) is 4.98 Å². The van der Waals surface area contributed by atoms with Gasteiger partial charge in [0.15, 0.2) is 0 Å². The van der Waals surface area contributed by atoms with E-state index in [1.165, 1.54) is 17.8 Å². The zero-order valence-electron chi connectivity index (χ0n) is 13.3. The summed E-state index contributed by atoms with van der Waals surface area (Å²) in [5, 5.41) is 6.48. The third-order valence-electron chi connectivity index (χ3n) is 3.91. The highest BCUT2D eigenvalue weighted by Gasteiger charge is 2.22. The molecule has 0 unspecified atom stereocenters. The van der Waals surface area contributed by atoms with Crippen molar-refractivity contribution in [3.05, 3.63) is 35.2 Å². The predicted molar refractivity (Wildman–Crippen MR) is 96.4 cm³/mol. The average molecular weight is 344 g/mol. The fourth-order valence-corrected chi connectivity index (χ4v) is 3.24. The van der Waals surface area contributed by atoms with E-state index in [2.05, 4.69) is 15.5 Å². The first kappa shape index (κ1) is 16.4. The van der Waals surface area contributed by atoms with Crippen LogP contribution in [0.5, 0.6) is 5.75 Å². The molecule has 0 amide bonds. The van der Waals surface area contributed by atoms with E-state index in [1.807, 2.05) is 12.1 Å². The second-order valence-corrected chi connectivity index (χ2v) is 6.63. The lowest BCUT2D eigenvalue weighted by atomic mass is 9.89. The zero-order valence-corrected chi connectivity index (χ0v) is 14.1. The van der Waals surface area contributed by atoms with Crippen molar-refractivity contribution in [1.29, 1.82) is 0 Å². The van der Waals surface area contributed by atoms with Gasteiger partial charge in [-0.25, -0.2) is 4.98 Å². The largest absolute Gasteiger partial charge is 0.426 e. The molecule has 1 aliphatic carbocycles. The number of hydrogen-bond acceptors (Lipinski definition) is 7. The number of benzene rings is 1. The Labute approximate surface area is 144 Å². The Morgan fingerprint density at radius 3 is 2.96 bits per heavy atom. The number of rotatable bonds is 5. The van der Waals surface area contributed by atoms with Crippen LogP contribution >= 0.6 is 11.3 Å². The number of hydrazone groups is 1. The standard InChI is InChI=1S/C17H20N4O2S/c18-15-11-24-17(20-15)21-19-10-12-5-4-8-14(9-12)23-16(22)13-6-2-1-3-7-13/h4-5,8-11,13H,1-3,6-7,18H2,(H,20,21). The van der Waals surface area contributed by atoms with E-state index in [4.69, 9.17) is 10.5 Å². The Balaban J connectivity index is 1.58. The van der Waals surface area contributed by atoms with E-state index in [0.717, 1.165) is 31.2 Å². The molecule has 1 fully saturated rings. The van der Waals surface area contributed by atoms with Crippen molar-refractivity contribution in [2.75, 3.05) is 11.2 Å². The average Bonchev–Trinajstić information content (AvgIpc) is 3.01. The summed E-state index contributed by atoms with van der Waals surface area (Å²) >= 11 is 1.38. The molecule has 1 heterocycles. The van der Waals surface area contributed by atoms with Gasteiger partial charge in [0.25, 0.3) is 0 Å². The van der Waals surface area contributed by atoms with Crippen LogP contribution in [0, 0.1) is 5.92 Å². The molecular weight excluding hydrogens is 324 g/mol. The summed E-state index contributed by atoms with van der Waals surface area (Å²) < 4.78 is 5.51. The van der Waals surface area contributed by atoms with Crippen LogP contribution in [0.4, 0.5) is 10.9 Å². The highest BCUT2D eigenvalue weighted by atomic mass is 32.1. The molecule has 0 spiro atoms. The quantitative estimate of drug-likeness (QED) is 0.374. The third-order valence-corrected chi connectivity index (χ3v) is 4.68. The Morgan fingerprint density at radius 1 is 1.38 bits per heavy atom. The first-order chi connectivity index (χ1) is 11.7. The lowest BCUT2D eigenvalue weighted by molar-refractivity contribution is -0.139. The maximum atomic E-state index is 12.2. The molecule has 1 aromatic carbocycles. The molecule has 1 saturated carbocycles. The Morgan fingerprint density at radius 2 is 2.21 bits per heavy atom. The third kappa shape index (κ3) is 4.55. The second kappa shape index (κ2) is 7.92.